The van der Waals surface area contributed by atoms with E-state index in [0.29, 0.717) is 18.6 Å². The van der Waals surface area contributed by atoms with Gasteiger partial charge in [-0.3, -0.25) is 14.5 Å². The van der Waals surface area contributed by atoms with Crippen LogP contribution in [0, 0.1) is 17.6 Å². The van der Waals surface area contributed by atoms with E-state index in [9.17, 15) is 23.5 Å². The number of carboxylic acid groups (broad SMARTS) is 1. The number of fused-ring (bicyclic) bond motifs is 1. The third-order valence-electron chi connectivity index (χ3n) is 6.95. The third-order valence-corrected chi connectivity index (χ3v) is 6.95. The number of nitrogens with one attached hydrogen (secondary N) is 1. The normalized spacial score (nSPS) is 21.9. The zero-order valence-corrected chi connectivity index (χ0v) is 19.5. The fourth-order valence-electron chi connectivity index (χ4n) is 5.01. The lowest BCUT2D eigenvalue weighted by Gasteiger charge is -2.30. The molecule has 1 fully saturated rings. The maximum Gasteiger partial charge on any atom is 0.306 e. The van der Waals surface area contributed by atoms with Gasteiger partial charge in [-0.1, -0.05) is 24.3 Å². The number of halogens is 2. The number of carbonyl (C=O) groups excluding carboxylic acids is 1. The lowest BCUT2D eigenvalue weighted by molar-refractivity contribution is -0.143. The average molecular weight is 481 g/mol. The van der Waals surface area contributed by atoms with Gasteiger partial charge in [0, 0.05) is 23.7 Å². The van der Waals surface area contributed by atoms with Crippen molar-refractivity contribution in [1.82, 2.24) is 4.90 Å². The van der Waals surface area contributed by atoms with Gasteiger partial charge in [-0.15, -0.1) is 0 Å². The maximum absolute atomic E-state index is 13.9. The predicted octanol–water partition coefficient (Wildman–Crippen LogP) is 4.82. The molecule has 3 heterocycles. The molecule has 5 rings (SSSR count). The van der Waals surface area contributed by atoms with E-state index in [2.05, 4.69) is 10.2 Å². The van der Waals surface area contributed by atoms with Crippen LogP contribution in [0.2, 0.25) is 0 Å². The van der Waals surface area contributed by atoms with E-state index in [1.165, 1.54) is 0 Å². The Morgan fingerprint density at radius 2 is 1.80 bits per heavy atom. The molecule has 1 amide bonds. The molecule has 2 aromatic rings. The van der Waals surface area contributed by atoms with E-state index in [0.717, 1.165) is 48.5 Å². The highest BCUT2D eigenvalue weighted by atomic mass is 19.2. The molecule has 0 unspecified atom stereocenters. The SMILES string of the molecule is CC1(C)O/C(=C2\C(=O)Nc3cc(F)c(F)cc32)C=C1c1ccc(CN2CCC(C(=O)O)CC2)cc1. The van der Waals surface area contributed by atoms with Crippen molar-refractivity contribution in [1.29, 1.82) is 0 Å². The number of hydrogen-bond acceptors (Lipinski definition) is 4. The number of ether oxygens (including phenoxy) is 1. The number of allylic oxidation sites excluding steroid dienone is 1. The summed E-state index contributed by atoms with van der Waals surface area (Å²) >= 11 is 0. The Labute approximate surface area is 201 Å². The van der Waals surface area contributed by atoms with Crippen LogP contribution in [-0.2, 0) is 20.9 Å². The van der Waals surface area contributed by atoms with E-state index >= 15 is 0 Å². The number of anilines is 1. The summed E-state index contributed by atoms with van der Waals surface area (Å²) in [6, 6.07) is 10.1. The Morgan fingerprint density at radius 1 is 1.14 bits per heavy atom. The molecular weight excluding hydrogens is 454 g/mol. The molecule has 3 aliphatic heterocycles. The van der Waals surface area contributed by atoms with Gasteiger partial charge in [0.05, 0.1) is 17.2 Å². The Hall–Kier alpha value is -3.52. The van der Waals surface area contributed by atoms with Gasteiger partial charge in [-0.25, -0.2) is 8.78 Å². The molecule has 35 heavy (non-hydrogen) atoms. The van der Waals surface area contributed by atoms with Crippen molar-refractivity contribution in [3.63, 3.8) is 0 Å². The highest BCUT2D eigenvalue weighted by molar-refractivity contribution is 6.32. The zero-order chi connectivity index (χ0) is 24.9. The molecule has 0 saturated carbocycles. The fourth-order valence-corrected chi connectivity index (χ4v) is 5.01. The molecule has 0 spiro atoms. The first kappa shape index (κ1) is 23.2. The zero-order valence-electron chi connectivity index (χ0n) is 19.5. The van der Waals surface area contributed by atoms with E-state index in [-0.39, 0.29) is 22.7 Å². The minimum absolute atomic E-state index is 0.184. The third kappa shape index (κ3) is 4.34. The minimum Gasteiger partial charge on any atom is -0.482 e. The van der Waals surface area contributed by atoms with Crippen molar-refractivity contribution in [3.05, 3.63) is 76.6 Å². The maximum atomic E-state index is 13.9. The van der Waals surface area contributed by atoms with Crippen molar-refractivity contribution in [2.75, 3.05) is 18.4 Å². The Bertz CT molecular complexity index is 1270. The number of rotatable bonds is 4. The van der Waals surface area contributed by atoms with Gasteiger partial charge in [-0.2, -0.15) is 0 Å². The number of amides is 1. The number of nitrogens with zero attached hydrogens (tertiary/aromatic N) is 1. The molecule has 2 aromatic carbocycles. The van der Waals surface area contributed by atoms with Gasteiger partial charge in [0.1, 0.15) is 11.4 Å². The summed E-state index contributed by atoms with van der Waals surface area (Å²) < 4.78 is 33.7. The second-order valence-electron chi connectivity index (χ2n) is 9.76. The van der Waals surface area contributed by atoms with Gasteiger partial charge in [0.25, 0.3) is 5.91 Å². The quantitative estimate of drug-likeness (QED) is 0.614. The van der Waals surface area contributed by atoms with Gasteiger partial charge >= 0.3 is 5.97 Å². The van der Waals surface area contributed by atoms with E-state index in [1.54, 1.807) is 6.08 Å². The summed E-state index contributed by atoms with van der Waals surface area (Å²) in [5.41, 5.74) is 2.88. The standard InChI is InChI=1S/C27H26F2N2O4/c1-27(2)19(12-23(35-27)24-18-11-20(28)21(29)13-22(18)30-25(24)32)16-5-3-15(4-6-16)14-31-9-7-17(8-10-31)26(33)34/h3-6,11-13,17H,7-10,14H2,1-2H3,(H,30,32)(H,33,34)/b24-23-. The van der Waals surface area contributed by atoms with E-state index in [4.69, 9.17) is 4.74 Å². The largest absolute Gasteiger partial charge is 0.482 e. The van der Waals surface area contributed by atoms with Crippen LogP contribution in [0.5, 0.6) is 0 Å². The highest BCUT2D eigenvalue weighted by Gasteiger charge is 2.38. The molecule has 6 nitrogen and oxygen atoms in total. The first-order valence-electron chi connectivity index (χ1n) is 11.6. The Kier molecular flexibility index (Phi) is 5.71. The molecule has 3 aliphatic rings. The summed E-state index contributed by atoms with van der Waals surface area (Å²) in [6.07, 6.45) is 3.12. The van der Waals surface area contributed by atoms with Crippen LogP contribution < -0.4 is 5.32 Å². The second-order valence-corrected chi connectivity index (χ2v) is 9.76. The number of hydrogen-bond donors (Lipinski definition) is 2. The summed E-state index contributed by atoms with van der Waals surface area (Å²) in [5.74, 6) is -3.16. The van der Waals surface area contributed by atoms with Crippen LogP contribution in [-0.4, -0.2) is 40.6 Å². The number of carbonyl (C=O) groups is 2. The fraction of sp³-hybridized carbons (Fsp3) is 0.333. The topological polar surface area (TPSA) is 78.9 Å². The van der Waals surface area contributed by atoms with Crippen LogP contribution in [0.3, 0.4) is 0 Å². The predicted molar refractivity (Wildman–Crippen MR) is 127 cm³/mol. The van der Waals surface area contributed by atoms with Crippen molar-refractivity contribution < 1.29 is 28.2 Å². The monoisotopic (exact) mass is 480 g/mol. The summed E-state index contributed by atoms with van der Waals surface area (Å²) in [6.45, 7) is 6.06. The lowest BCUT2D eigenvalue weighted by atomic mass is 9.91. The Balaban J connectivity index is 1.38. The first-order valence-corrected chi connectivity index (χ1v) is 11.6. The molecular formula is C27H26F2N2O4. The van der Waals surface area contributed by atoms with Crippen LogP contribution in [0.25, 0.3) is 11.1 Å². The first-order chi connectivity index (χ1) is 16.6. The minimum atomic E-state index is -1.03. The van der Waals surface area contributed by atoms with Crippen LogP contribution in [0.1, 0.15) is 43.4 Å². The number of carboxylic acids is 1. The second kappa shape index (κ2) is 8.61. The molecule has 2 N–H and O–H groups in total. The van der Waals surface area contributed by atoms with Crippen LogP contribution in [0.15, 0.2) is 48.2 Å². The van der Waals surface area contributed by atoms with Crippen molar-refractivity contribution in [2.45, 2.75) is 38.8 Å². The summed E-state index contributed by atoms with van der Waals surface area (Å²) in [4.78, 5) is 26.0. The summed E-state index contributed by atoms with van der Waals surface area (Å²) in [7, 11) is 0. The molecule has 8 heteroatoms. The molecule has 0 bridgehead atoms. The van der Waals surface area contributed by atoms with Gasteiger partial charge in [-0.05, 0) is 63.0 Å². The lowest BCUT2D eigenvalue weighted by Crippen LogP contribution is -2.35. The molecule has 0 atom stereocenters. The molecule has 0 aliphatic carbocycles. The van der Waals surface area contributed by atoms with Gasteiger partial charge < -0.3 is 15.2 Å². The number of piperidine rings is 1. The van der Waals surface area contributed by atoms with Crippen molar-refractivity contribution in [3.8, 4) is 0 Å². The van der Waals surface area contributed by atoms with Crippen LogP contribution >= 0.6 is 0 Å². The van der Waals surface area contributed by atoms with Crippen molar-refractivity contribution in [2.24, 2.45) is 5.92 Å². The molecule has 0 radical (unpaired) electrons. The molecule has 0 aromatic heterocycles. The summed E-state index contributed by atoms with van der Waals surface area (Å²) in [5, 5.41) is 11.8. The number of aliphatic carboxylic acids is 1. The van der Waals surface area contributed by atoms with Crippen molar-refractivity contribution >= 4 is 28.7 Å². The van der Waals surface area contributed by atoms with Gasteiger partial charge in [0.2, 0.25) is 0 Å². The molecule has 1 saturated heterocycles. The van der Waals surface area contributed by atoms with E-state index in [1.807, 2.05) is 38.1 Å². The number of likely N-dealkylation sites (tertiary alicyclic amines) is 1. The number of benzene rings is 2. The smallest absolute Gasteiger partial charge is 0.306 e. The van der Waals surface area contributed by atoms with Crippen LogP contribution in [0.4, 0.5) is 14.5 Å². The average Bonchev–Trinajstić information content (AvgIpc) is 3.29. The van der Waals surface area contributed by atoms with E-state index < -0.39 is 29.1 Å². The molecule has 182 valence electrons. The van der Waals surface area contributed by atoms with Gasteiger partial charge in [0.15, 0.2) is 11.6 Å². The highest BCUT2D eigenvalue weighted by Crippen LogP contribution is 2.44. The Morgan fingerprint density at radius 3 is 2.46 bits per heavy atom.